The quantitative estimate of drug-likeness (QED) is 0.905. The smallest absolute Gasteiger partial charge is 0.251 e. The summed E-state index contributed by atoms with van der Waals surface area (Å²) in [4.78, 5) is 18.1. The molecule has 1 aromatic heterocycles. The SMILES string of the molecule is Cc1nc(CCNC(=O)c2ccc(N(C)C)cc2)co1. The van der Waals surface area contributed by atoms with Crippen molar-refractivity contribution in [3.63, 3.8) is 0 Å². The number of oxazole rings is 1. The zero-order chi connectivity index (χ0) is 14.5. The predicted molar refractivity (Wildman–Crippen MR) is 78.0 cm³/mol. The summed E-state index contributed by atoms with van der Waals surface area (Å²) in [7, 11) is 3.93. The van der Waals surface area contributed by atoms with Gasteiger partial charge in [0, 0.05) is 45.2 Å². The molecular formula is C15H19N3O2. The van der Waals surface area contributed by atoms with Crippen LogP contribution in [0.4, 0.5) is 5.69 Å². The van der Waals surface area contributed by atoms with Crippen LogP contribution in [0.2, 0.25) is 0 Å². The maximum atomic E-state index is 12.0. The van der Waals surface area contributed by atoms with Crippen LogP contribution < -0.4 is 10.2 Å². The molecule has 0 bridgehead atoms. The number of amides is 1. The van der Waals surface area contributed by atoms with Gasteiger partial charge in [0.1, 0.15) is 6.26 Å². The van der Waals surface area contributed by atoms with Crippen LogP contribution in [0.3, 0.4) is 0 Å². The van der Waals surface area contributed by atoms with E-state index in [1.165, 1.54) is 0 Å². The Morgan fingerprint density at radius 1 is 1.30 bits per heavy atom. The molecule has 0 saturated carbocycles. The maximum absolute atomic E-state index is 12.0. The van der Waals surface area contributed by atoms with Crippen LogP contribution in [0, 0.1) is 6.92 Å². The lowest BCUT2D eigenvalue weighted by molar-refractivity contribution is 0.0954. The topological polar surface area (TPSA) is 58.4 Å². The molecule has 0 aliphatic heterocycles. The van der Waals surface area contributed by atoms with Gasteiger partial charge in [0.2, 0.25) is 0 Å². The molecule has 0 aliphatic carbocycles. The van der Waals surface area contributed by atoms with Gasteiger partial charge < -0.3 is 14.6 Å². The number of nitrogens with one attached hydrogen (secondary N) is 1. The lowest BCUT2D eigenvalue weighted by atomic mass is 10.2. The predicted octanol–water partition coefficient (Wildman–Crippen LogP) is 2.02. The van der Waals surface area contributed by atoms with Crippen molar-refractivity contribution in [3.05, 3.63) is 47.7 Å². The van der Waals surface area contributed by atoms with Gasteiger partial charge in [0.05, 0.1) is 5.69 Å². The first-order valence-electron chi connectivity index (χ1n) is 6.53. The molecule has 0 atom stereocenters. The molecule has 1 heterocycles. The zero-order valence-corrected chi connectivity index (χ0v) is 12.0. The van der Waals surface area contributed by atoms with Gasteiger partial charge >= 0.3 is 0 Å². The Labute approximate surface area is 118 Å². The lowest BCUT2D eigenvalue weighted by Crippen LogP contribution is -2.25. The highest BCUT2D eigenvalue weighted by molar-refractivity contribution is 5.94. The zero-order valence-electron chi connectivity index (χ0n) is 12.0. The van der Waals surface area contributed by atoms with E-state index in [9.17, 15) is 4.79 Å². The Bertz CT molecular complexity index is 573. The summed E-state index contributed by atoms with van der Waals surface area (Å²) in [6, 6.07) is 7.50. The van der Waals surface area contributed by atoms with Gasteiger partial charge in [-0.05, 0) is 24.3 Å². The van der Waals surface area contributed by atoms with Crippen molar-refractivity contribution in [3.8, 4) is 0 Å². The Morgan fingerprint density at radius 3 is 2.55 bits per heavy atom. The number of aryl methyl sites for hydroxylation is 1. The van der Waals surface area contributed by atoms with Crippen LogP contribution in [0.25, 0.3) is 0 Å². The van der Waals surface area contributed by atoms with Crippen molar-refractivity contribution >= 4 is 11.6 Å². The Morgan fingerprint density at radius 2 is 2.00 bits per heavy atom. The minimum absolute atomic E-state index is 0.0736. The summed E-state index contributed by atoms with van der Waals surface area (Å²) in [5, 5.41) is 2.87. The number of anilines is 1. The van der Waals surface area contributed by atoms with Crippen molar-refractivity contribution in [2.45, 2.75) is 13.3 Å². The summed E-state index contributed by atoms with van der Waals surface area (Å²) in [6.07, 6.45) is 2.28. The van der Waals surface area contributed by atoms with Crippen molar-refractivity contribution in [1.29, 1.82) is 0 Å². The molecule has 106 valence electrons. The molecule has 2 rings (SSSR count). The molecule has 20 heavy (non-hydrogen) atoms. The van der Waals surface area contributed by atoms with Crippen LogP contribution >= 0.6 is 0 Å². The van der Waals surface area contributed by atoms with Gasteiger partial charge in [-0.15, -0.1) is 0 Å². The first kappa shape index (κ1) is 14.1. The number of aromatic nitrogens is 1. The van der Waals surface area contributed by atoms with Crippen LogP contribution in [0.5, 0.6) is 0 Å². The fourth-order valence-corrected chi connectivity index (χ4v) is 1.84. The molecule has 2 aromatic rings. The fraction of sp³-hybridized carbons (Fsp3) is 0.333. The standard InChI is InChI=1S/C15H19N3O2/c1-11-17-13(10-20-11)8-9-16-15(19)12-4-6-14(7-5-12)18(2)3/h4-7,10H,8-9H2,1-3H3,(H,16,19). The summed E-state index contributed by atoms with van der Waals surface area (Å²) >= 11 is 0. The third-order valence-electron chi connectivity index (χ3n) is 2.98. The Hall–Kier alpha value is -2.30. The van der Waals surface area contributed by atoms with E-state index in [1.54, 1.807) is 13.2 Å². The molecule has 0 saturated heterocycles. The summed E-state index contributed by atoms with van der Waals surface area (Å²) in [5.74, 6) is 0.570. The lowest BCUT2D eigenvalue weighted by Gasteiger charge is -2.12. The van der Waals surface area contributed by atoms with E-state index in [0.29, 0.717) is 24.4 Å². The third kappa shape index (κ3) is 3.60. The Balaban J connectivity index is 1.85. The van der Waals surface area contributed by atoms with E-state index < -0.39 is 0 Å². The van der Waals surface area contributed by atoms with Gasteiger partial charge in [-0.2, -0.15) is 0 Å². The number of hydrogen-bond acceptors (Lipinski definition) is 4. The van der Waals surface area contributed by atoms with Gasteiger partial charge in [-0.25, -0.2) is 4.98 Å². The van der Waals surface area contributed by atoms with Gasteiger partial charge in [0.25, 0.3) is 5.91 Å². The molecule has 0 radical (unpaired) electrons. The highest BCUT2D eigenvalue weighted by Crippen LogP contribution is 2.12. The van der Waals surface area contributed by atoms with Crippen molar-refractivity contribution in [2.24, 2.45) is 0 Å². The van der Waals surface area contributed by atoms with Crippen LogP contribution in [0.15, 0.2) is 34.9 Å². The molecule has 1 amide bonds. The number of carbonyl (C=O) groups excluding carboxylic acids is 1. The van der Waals surface area contributed by atoms with E-state index in [1.807, 2.05) is 43.3 Å². The number of hydrogen-bond donors (Lipinski definition) is 1. The van der Waals surface area contributed by atoms with E-state index in [0.717, 1.165) is 11.4 Å². The van der Waals surface area contributed by atoms with Crippen molar-refractivity contribution < 1.29 is 9.21 Å². The van der Waals surface area contributed by atoms with Gasteiger partial charge in [-0.3, -0.25) is 4.79 Å². The highest BCUT2D eigenvalue weighted by Gasteiger charge is 2.06. The minimum atomic E-state index is -0.0736. The van der Waals surface area contributed by atoms with Crippen molar-refractivity contribution in [1.82, 2.24) is 10.3 Å². The minimum Gasteiger partial charge on any atom is -0.449 e. The molecule has 0 aliphatic rings. The first-order chi connectivity index (χ1) is 9.56. The van der Waals surface area contributed by atoms with E-state index in [2.05, 4.69) is 10.3 Å². The molecule has 0 spiro atoms. The first-order valence-corrected chi connectivity index (χ1v) is 6.53. The highest BCUT2D eigenvalue weighted by atomic mass is 16.3. The number of carbonyl (C=O) groups is 1. The van der Waals surface area contributed by atoms with Crippen LogP contribution in [-0.4, -0.2) is 31.5 Å². The van der Waals surface area contributed by atoms with Crippen LogP contribution in [-0.2, 0) is 6.42 Å². The molecule has 1 aromatic carbocycles. The van der Waals surface area contributed by atoms with E-state index >= 15 is 0 Å². The monoisotopic (exact) mass is 273 g/mol. The fourth-order valence-electron chi connectivity index (χ4n) is 1.84. The van der Waals surface area contributed by atoms with Crippen molar-refractivity contribution in [2.75, 3.05) is 25.5 Å². The van der Waals surface area contributed by atoms with Gasteiger partial charge in [-0.1, -0.05) is 0 Å². The summed E-state index contributed by atoms with van der Waals surface area (Å²) < 4.78 is 5.11. The molecular weight excluding hydrogens is 254 g/mol. The number of nitrogens with zero attached hydrogens (tertiary/aromatic N) is 2. The summed E-state index contributed by atoms with van der Waals surface area (Å²) in [6.45, 7) is 2.34. The van der Waals surface area contributed by atoms with Crippen LogP contribution in [0.1, 0.15) is 21.9 Å². The molecule has 0 unspecified atom stereocenters. The molecule has 1 N–H and O–H groups in total. The average molecular weight is 273 g/mol. The number of rotatable bonds is 5. The molecule has 0 fully saturated rings. The molecule has 5 nitrogen and oxygen atoms in total. The second-order valence-electron chi connectivity index (χ2n) is 4.81. The third-order valence-corrected chi connectivity index (χ3v) is 2.98. The molecule has 5 heteroatoms. The Kier molecular flexibility index (Phi) is 4.40. The normalized spacial score (nSPS) is 10.3. The van der Waals surface area contributed by atoms with E-state index in [4.69, 9.17) is 4.42 Å². The van der Waals surface area contributed by atoms with E-state index in [-0.39, 0.29) is 5.91 Å². The maximum Gasteiger partial charge on any atom is 0.251 e. The average Bonchev–Trinajstić information content (AvgIpc) is 2.84. The van der Waals surface area contributed by atoms with Gasteiger partial charge in [0.15, 0.2) is 5.89 Å². The second kappa shape index (κ2) is 6.23. The largest absolute Gasteiger partial charge is 0.449 e. The summed E-state index contributed by atoms with van der Waals surface area (Å²) in [5.41, 5.74) is 2.58. The second-order valence-corrected chi connectivity index (χ2v) is 4.81. The number of benzene rings is 1.